The van der Waals surface area contributed by atoms with Crippen molar-refractivity contribution in [3.63, 3.8) is 0 Å². The number of fused-ring (bicyclic) bond motifs is 7. The van der Waals surface area contributed by atoms with Crippen LogP contribution in [0.4, 0.5) is 0 Å². The molecule has 0 aliphatic carbocycles. The zero-order valence-electron chi connectivity index (χ0n) is 32.3. The summed E-state index contributed by atoms with van der Waals surface area (Å²) in [6.45, 7) is 3.91. The van der Waals surface area contributed by atoms with Crippen molar-refractivity contribution in [3.8, 4) is 28.3 Å². The Kier molecular flexibility index (Phi) is 9.51. The molecule has 0 fully saturated rings. The van der Waals surface area contributed by atoms with Gasteiger partial charge in [0.2, 0.25) is 0 Å². The van der Waals surface area contributed by atoms with Crippen molar-refractivity contribution in [1.82, 2.24) is 14.5 Å². The molecule has 0 spiro atoms. The van der Waals surface area contributed by atoms with Crippen LogP contribution >= 0.6 is 0 Å². The molecule has 0 aliphatic heterocycles. The van der Waals surface area contributed by atoms with Crippen LogP contribution in [0.1, 0.15) is 26.7 Å². The molecule has 4 heterocycles. The molecule has 0 atom stereocenters. The third-order valence-corrected chi connectivity index (χ3v) is 14.2. The number of aromatic nitrogens is 3. The summed E-state index contributed by atoms with van der Waals surface area (Å²) in [4.78, 5) is 9.69. The van der Waals surface area contributed by atoms with Gasteiger partial charge in [0, 0.05) is 36.3 Å². The second-order valence-electron chi connectivity index (χ2n) is 14.8. The number of pyridine rings is 1. The summed E-state index contributed by atoms with van der Waals surface area (Å²) in [7, 11) is 0. The first kappa shape index (κ1) is 35.4. The van der Waals surface area contributed by atoms with Crippen molar-refractivity contribution in [2.45, 2.75) is 37.0 Å². The molecule has 10 rings (SSSR count). The number of hydrogen-bond donors (Lipinski definition) is 0. The number of benzene rings is 6. The molecule has 0 amide bonds. The minimum atomic E-state index is -2.03. The summed E-state index contributed by atoms with van der Waals surface area (Å²) in [6, 6.07) is 51.3. The first-order valence-electron chi connectivity index (χ1n) is 18.7. The Hall–Kier alpha value is -5.27. The van der Waals surface area contributed by atoms with E-state index in [4.69, 9.17) is 15.2 Å². The number of nitrogens with zero attached hydrogens (tertiary/aromatic N) is 3. The van der Waals surface area contributed by atoms with Crippen LogP contribution < -0.4 is 4.40 Å². The largest absolute Gasteiger partial charge is 0.501 e. The normalized spacial score (nSPS) is 12.2. The molecule has 273 valence electrons. The van der Waals surface area contributed by atoms with Crippen LogP contribution in [0.5, 0.6) is 0 Å². The molecule has 0 unspecified atom stereocenters. The summed E-state index contributed by atoms with van der Waals surface area (Å²) in [5.74, 6) is 7.21. The van der Waals surface area contributed by atoms with Gasteiger partial charge in [0.1, 0.15) is 11.2 Å². The Labute approximate surface area is 338 Å². The molecule has 5 nitrogen and oxygen atoms in total. The van der Waals surface area contributed by atoms with E-state index in [0.29, 0.717) is 0 Å². The van der Waals surface area contributed by atoms with E-state index in [0.717, 1.165) is 88.8 Å². The van der Waals surface area contributed by atoms with Gasteiger partial charge in [-0.1, -0.05) is 71.6 Å². The molecule has 0 N–H and O–H groups in total. The minimum absolute atomic E-state index is 0. The summed E-state index contributed by atoms with van der Waals surface area (Å²) in [5.41, 5.74) is 10.0. The van der Waals surface area contributed by atoms with Crippen molar-refractivity contribution in [2.75, 3.05) is 0 Å². The molecule has 0 bridgehead atoms. The van der Waals surface area contributed by atoms with Crippen LogP contribution in [0.15, 0.2) is 148 Å². The first-order valence-corrected chi connectivity index (χ1v) is 25.6. The molecular weight excluding hydrogens is 915 g/mol. The molecule has 1 radical (unpaired) electrons. The molecule has 7 heteroatoms. The summed E-state index contributed by atoms with van der Waals surface area (Å²) >= 11 is -2.03. The van der Waals surface area contributed by atoms with E-state index in [9.17, 15) is 0 Å². The van der Waals surface area contributed by atoms with E-state index in [1.165, 1.54) is 4.40 Å². The predicted octanol–water partition coefficient (Wildman–Crippen LogP) is 12.5. The van der Waals surface area contributed by atoms with E-state index >= 15 is 0 Å². The smallest absolute Gasteiger partial charge is 0.158 e. The third-order valence-electron chi connectivity index (χ3n) is 9.98. The zero-order chi connectivity index (χ0) is 37.9. The molecule has 6 aromatic carbocycles. The molecular formula is C48H39GeIrN3O2-2. The Morgan fingerprint density at radius 2 is 1.35 bits per heavy atom. The Morgan fingerprint density at radius 1 is 0.691 bits per heavy atom. The second kappa shape index (κ2) is 14.8. The number of imidazole rings is 1. The fourth-order valence-electron chi connectivity index (χ4n) is 7.37. The number of para-hydroxylation sites is 5. The van der Waals surface area contributed by atoms with Gasteiger partial charge in [0.15, 0.2) is 5.58 Å². The van der Waals surface area contributed by atoms with Gasteiger partial charge in [-0.25, -0.2) is 0 Å². The number of furan rings is 2. The Balaban J connectivity index is 0.000000181. The summed E-state index contributed by atoms with van der Waals surface area (Å²) in [6.07, 6.45) is 2.00. The van der Waals surface area contributed by atoms with Crippen LogP contribution in [-0.2, 0) is 20.1 Å². The van der Waals surface area contributed by atoms with Crippen LogP contribution in [-0.4, -0.2) is 27.8 Å². The second-order valence-corrected chi connectivity index (χ2v) is 25.4. The van der Waals surface area contributed by atoms with Crippen LogP contribution in [0.3, 0.4) is 0 Å². The van der Waals surface area contributed by atoms with Gasteiger partial charge in [0.25, 0.3) is 0 Å². The SMILES string of the molecule is [2H]C(C)(C)c1cc(-c2[c-]cccc2)nc[c]1[Ge]([CH3])([CH3])[CH3].[Ir].[c-]1ccc2c(oc3ccccc32)c1-c1nc2ccccc2n1-c1cccc2c1oc1ccccc12. The van der Waals surface area contributed by atoms with E-state index < -0.39 is 19.2 Å². The van der Waals surface area contributed by atoms with E-state index in [1.807, 2.05) is 105 Å². The molecule has 0 saturated carbocycles. The Morgan fingerprint density at radius 3 is 2.05 bits per heavy atom. The van der Waals surface area contributed by atoms with Crippen LogP contribution in [0.25, 0.3) is 83.2 Å². The van der Waals surface area contributed by atoms with Gasteiger partial charge in [0.05, 0.1) is 28.1 Å². The van der Waals surface area contributed by atoms with Crippen LogP contribution in [0.2, 0.25) is 17.3 Å². The topological polar surface area (TPSA) is 57.0 Å². The Bertz CT molecular complexity index is 3030. The predicted molar refractivity (Wildman–Crippen MR) is 225 cm³/mol. The molecule has 4 aromatic heterocycles. The summed E-state index contributed by atoms with van der Waals surface area (Å²) < 4.78 is 24.7. The van der Waals surface area contributed by atoms with E-state index in [2.05, 4.69) is 87.5 Å². The molecule has 55 heavy (non-hydrogen) atoms. The standard InChI is InChI=1S/C31H17N2O2.C17H22GeN.Ir/c1-5-17-27-19(9-1)21-11-7-13-23(29(21)34-27)31-32-24-14-3-4-15-25(24)33(31)26-16-8-12-22-20-10-2-6-18-28(20)35-30(22)26;1-13(2)15-11-17(14-9-7-6-8-10-14)19-12-16(15)18(3,4)5;/h1-12,14-18H;6-9,11-13H,1-5H3;/q2*-1;/i;13D;. The maximum atomic E-state index is 8.44. The van der Waals surface area contributed by atoms with Crippen molar-refractivity contribution < 1.29 is 30.3 Å². The fraction of sp³-hybridized carbons (Fsp3) is 0.125. The maximum Gasteiger partial charge on any atom is 0.158 e. The molecule has 0 aliphatic rings. The maximum absolute atomic E-state index is 8.44. The van der Waals surface area contributed by atoms with Gasteiger partial charge in [-0.3, -0.25) is 4.98 Å². The quantitative estimate of drug-likeness (QED) is 0.127. The van der Waals surface area contributed by atoms with Gasteiger partial charge >= 0.3 is 120 Å². The third kappa shape index (κ3) is 6.63. The molecule has 0 saturated heterocycles. The van der Waals surface area contributed by atoms with Gasteiger partial charge < -0.3 is 13.4 Å². The average Bonchev–Trinajstić information content (AvgIpc) is 3.89. The number of hydrogen-bond acceptors (Lipinski definition) is 4. The van der Waals surface area contributed by atoms with Crippen molar-refractivity contribution in [3.05, 3.63) is 157 Å². The van der Waals surface area contributed by atoms with Crippen molar-refractivity contribution in [2.24, 2.45) is 0 Å². The van der Waals surface area contributed by atoms with E-state index in [1.54, 1.807) is 0 Å². The van der Waals surface area contributed by atoms with Gasteiger partial charge in [-0.05, 0) is 30.3 Å². The first-order chi connectivity index (χ1) is 26.6. The van der Waals surface area contributed by atoms with Crippen molar-refractivity contribution >= 4 is 72.6 Å². The monoisotopic (exact) mass is 957 g/mol. The summed E-state index contributed by atoms with van der Waals surface area (Å²) in [5, 5.41) is 4.31. The molecule has 10 aromatic rings. The van der Waals surface area contributed by atoms with E-state index in [-0.39, 0.29) is 20.1 Å². The number of rotatable bonds is 5. The average molecular weight is 956 g/mol. The fourth-order valence-corrected chi connectivity index (χ4v) is 10.7. The van der Waals surface area contributed by atoms with Gasteiger partial charge in [-0.15, -0.1) is 18.2 Å². The van der Waals surface area contributed by atoms with Gasteiger partial charge in [-0.2, -0.15) is 0 Å². The van der Waals surface area contributed by atoms with Crippen molar-refractivity contribution in [1.29, 1.82) is 0 Å². The zero-order valence-corrected chi connectivity index (χ0v) is 35.8. The minimum Gasteiger partial charge on any atom is -0.501 e. The van der Waals surface area contributed by atoms with Crippen LogP contribution in [0, 0.1) is 12.1 Å².